The predicted octanol–water partition coefficient (Wildman–Crippen LogP) is 3.69. The molecule has 5 N–H and O–H groups in total. The number of carbonyl (C=O) groups excluding carboxylic acids is 1. The van der Waals surface area contributed by atoms with E-state index >= 15 is 0 Å². The van der Waals surface area contributed by atoms with Crippen molar-refractivity contribution in [2.45, 2.75) is 58.4 Å². The second-order valence-electron chi connectivity index (χ2n) is 6.36. The third-order valence-electron chi connectivity index (χ3n) is 4.34. The molecule has 1 heterocycles. The van der Waals surface area contributed by atoms with Gasteiger partial charge >= 0.3 is 0 Å². The molecule has 0 aliphatic carbocycles. The minimum Gasteiger partial charge on any atom is -0.508 e. The molecule has 0 saturated carbocycles. The lowest BCUT2D eigenvalue weighted by molar-refractivity contribution is 0.100. The van der Waals surface area contributed by atoms with Crippen LogP contribution in [0.25, 0.3) is 11.3 Å². The summed E-state index contributed by atoms with van der Waals surface area (Å²) >= 11 is 0. The Morgan fingerprint density at radius 3 is 2.28 bits per heavy atom. The largest absolute Gasteiger partial charge is 0.508 e. The molecule has 0 aliphatic rings. The number of primary amides is 1. The van der Waals surface area contributed by atoms with Crippen LogP contribution in [0.15, 0.2) is 24.3 Å². The van der Waals surface area contributed by atoms with E-state index in [2.05, 4.69) is 12.0 Å². The topological polar surface area (TPSA) is 107 Å². The fourth-order valence-electron chi connectivity index (χ4n) is 3.02. The van der Waals surface area contributed by atoms with Gasteiger partial charge in [-0.15, -0.1) is 0 Å². The Morgan fingerprint density at radius 1 is 1.08 bits per heavy atom. The van der Waals surface area contributed by atoms with Gasteiger partial charge in [-0.1, -0.05) is 45.4 Å². The summed E-state index contributed by atoms with van der Waals surface area (Å²) in [5.41, 5.74) is 13.0. The Bertz CT molecular complexity index is 692. The Hall–Kier alpha value is -2.50. The summed E-state index contributed by atoms with van der Waals surface area (Å²) in [5, 5.41) is 13.8. The Kier molecular flexibility index (Phi) is 6.86. The summed E-state index contributed by atoms with van der Waals surface area (Å²) < 4.78 is 1.76. The number of carbonyl (C=O) groups is 1. The van der Waals surface area contributed by atoms with E-state index in [0.717, 1.165) is 18.4 Å². The molecule has 1 aromatic heterocycles. The quantitative estimate of drug-likeness (QED) is 0.571. The van der Waals surface area contributed by atoms with Gasteiger partial charge in [-0.3, -0.25) is 9.48 Å². The van der Waals surface area contributed by atoms with Crippen molar-refractivity contribution < 1.29 is 9.90 Å². The van der Waals surface area contributed by atoms with Crippen molar-refractivity contribution in [3.63, 3.8) is 0 Å². The van der Waals surface area contributed by atoms with Gasteiger partial charge in [0, 0.05) is 12.1 Å². The number of aryl methyl sites for hydroxylation is 1. The van der Waals surface area contributed by atoms with Crippen molar-refractivity contribution in [3.05, 3.63) is 29.8 Å². The molecule has 1 aromatic carbocycles. The maximum absolute atomic E-state index is 11.8. The molecule has 0 unspecified atom stereocenters. The smallest absolute Gasteiger partial charge is 0.254 e. The van der Waals surface area contributed by atoms with Gasteiger partial charge in [0.05, 0.1) is 5.69 Å². The zero-order valence-corrected chi connectivity index (χ0v) is 14.9. The normalized spacial score (nSPS) is 10.9. The second kappa shape index (κ2) is 9.11. The van der Waals surface area contributed by atoms with E-state index in [4.69, 9.17) is 11.5 Å². The third-order valence-corrected chi connectivity index (χ3v) is 4.34. The molecule has 0 aliphatic heterocycles. The molecule has 0 spiro atoms. The number of benzene rings is 1. The van der Waals surface area contributed by atoms with Crippen LogP contribution >= 0.6 is 0 Å². The number of hydrogen-bond acceptors (Lipinski definition) is 4. The first kappa shape index (κ1) is 18.8. The number of rotatable bonds is 10. The highest BCUT2D eigenvalue weighted by molar-refractivity contribution is 6.03. The third kappa shape index (κ3) is 4.98. The standard InChI is InChI=1S/C19H28N4O2/c1-2-3-4-5-6-7-8-13-23-17(14-9-11-15(24)12-10-14)16(19(21)25)18(20)22-23/h9-12,24H,2-8,13H2,1H3,(H2,20,22)(H2,21,25). The molecular weight excluding hydrogens is 316 g/mol. The van der Waals surface area contributed by atoms with Crippen LogP contribution in [0.4, 0.5) is 5.82 Å². The van der Waals surface area contributed by atoms with Gasteiger partial charge in [0.15, 0.2) is 5.82 Å². The predicted molar refractivity (Wildman–Crippen MR) is 100 cm³/mol. The number of unbranched alkanes of at least 4 members (excludes halogenated alkanes) is 6. The van der Waals surface area contributed by atoms with Crippen molar-refractivity contribution >= 4 is 11.7 Å². The van der Waals surface area contributed by atoms with E-state index in [1.54, 1.807) is 28.9 Å². The summed E-state index contributed by atoms with van der Waals surface area (Å²) in [6.07, 6.45) is 8.37. The van der Waals surface area contributed by atoms with Crippen LogP contribution in [0.1, 0.15) is 62.2 Å². The van der Waals surface area contributed by atoms with Gasteiger partial charge in [0.2, 0.25) is 0 Å². The molecule has 6 heteroatoms. The lowest BCUT2D eigenvalue weighted by atomic mass is 10.1. The van der Waals surface area contributed by atoms with Crippen LogP contribution in [0.5, 0.6) is 5.75 Å². The van der Waals surface area contributed by atoms with Crippen molar-refractivity contribution in [1.82, 2.24) is 9.78 Å². The first-order valence-electron chi connectivity index (χ1n) is 9.00. The van der Waals surface area contributed by atoms with E-state index in [-0.39, 0.29) is 17.1 Å². The molecule has 25 heavy (non-hydrogen) atoms. The summed E-state index contributed by atoms with van der Waals surface area (Å²) in [5.74, 6) is -0.277. The molecule has 2 rings (SSSR count). The highest BCUT2D eigenvalue weighted by Gasteiger charge is 2.21. The van der Waals surface area contributed by atoms with E-state index in [0.29, 0.717) is 12.2 Å². The molecular formula is C19H28N4O2. The first-order valence-corrected chi connectivity index (χ1v) is 9.00. The molecule has 6 nitrogen and oxygen atoms in total. The lowest BCUT2D eigenvalue weighted by Crippen LogP contribution is -2.14. The average molecular weight is 344 g/mol. The molecule has 0 bridgehead atoms. The second-order valence-corrected chi connectivity index (χ2v) is 6.36. The van der Waals surface area contributed by atoms with Gasteiger partial charge in [-0.25, -0.2) is 0 Å². The number of aromatic nitrogens is 2. The molecule has 2 aromatic rings. The summed E-state index contributed by atoms with van der Waals surface area (Å²) in [6.45, 7) is 2.89. The highest BCUT2D eigenvalue weighted by atomic mass is 16.3. The van der Waals surface area contributed by atoms with Gasteiger partial charge in [0.1, 0.15) is 11.3 Å². The zero-order chi connectivity index (χ0) is 18.2. The number of nitrogens with two attached hydrogens (primary N) is 2. The molecule has 0 saturated heterocycles. The number of phenols is 1. The van der Waals surface area contributed by atoms with Gasteiger partial charge in [-0.05, 0) is 30.7 Å². The summed E-state index contributed by atoms with van der Waals surface area (Å²) in [6, 6.07) is 6.61. The van der Waals surface area contributed by atoms with Gasteiger partial charge < -0.3 is 16.6 Å². The number of nitrogens with zero attached hydrogens (tertiary/aromatic N) is 2. The first-order chi connectivity index (χ1) is 12.0. The van der Waals surface area contributed by atoms with Crippen LogP contribution in [-0.4, -0.2) is 20.8 Å². The van der Waals surface area contributed by atoms with Crippen molar-refractivity contribution in [1.29, 1.82) is 0 Å². The van der Waals surface area contributed by atoms with Crippen LogP contribution in [0, 0.1) is 0 Å². The molecule has 0 radical (unpaired) electrons. The number of aromatic hydroxyl groups is 1. The number of hydrogen-bond donors (Lipinski definition) is 3. The van der Waals surface area contributed by atoms with Crippen LogP contribution in [0.2, 0.25) is 0 Å². The summed E-state index contributed by atoms with van der Waals surface area (Å²) in [4.78, 5) is 11.8. The number of nitrogen functional groups attached to an aromatic ring is 1. The molecule has 136 valence electrons. The van der Waals surface area contributed by atoms with Crippen LogP contribution in [-0.2, 0) is 6.54 Å². The maximum Gasteiger partial charge on any atom is 0.254 e. The fraction of sp³-hybridized carbons (Fsp3) is 0.474. The van der Waals surface area contributed by atoms with E-state index < -0.39 is 5.91 Å². The van der Waals surface area contributed by atoms with Gasteiger partial charge in [-0.2, -0.15) is 5.10 Å². The van der Waals surface area contributed by atoms with Crippen LogP contribution < -0.4 is 11.5 Å². The van der Waals surface area contributed by atoms with Crippen molar-refractivity contribution in [2.75, 3.05) is 5.73 Å². The molecule has 1 amide bonds. The monoisotopic (exact) mass is 344 g/mol. The Morgan fingerprint density at radius 2 is 1.68 bits per heavy atom. The van der Waals surface area contributed by atoms with Crippen LogP contribution in [0.3, 0.4) is 0 Å². The Labute approximate surface area is 148 Å². The fourth-order valence-corrected chi connectivity index (χ4v) is 3.02. The maximum atomic E-state index is 11.8. The van der Waals surface area contributed by atoms with E-state index in [1.165, 1.54) is 32.1 Å². The minimum atomic E-state index is -0.591. The van der Waals surface area contributed by atoms with E-state index in [9.17, 15) is 9.90 Å². The highest BCUT2D eigenvalue weighted by Crippen LogP contribution is 2.29. The average Bonchev–Trinajstić information content (AvgIpc) is 2.91. The van der Waals surface area contributed by atoms with Crippen molar-refractivity contribution in [2.24, 2.45) is 5.73 Å². The molecule has 0 atom stereocenters. The number of anilines is 1. The van der Waals surface area contributed by atoms with Gasteiger partial charge in [0.25, 0.3) is 5.91 Å². The SMILES string of the molecule is CCCCCCCCCn1nc(N)c(C(N)=O)c1-c1ccc(O)cc1. The minimum absolute atomic E-state index is 0.151. The number of phenolic OH excluding ortho intramolecular Hbond substituents is 1. The Balaban J connectivity index is 2.11. The zero-order valence-electron chi connectivity index (χ0n) is 14.9. The molecule has 0 fully saturated rings. The van der Waals surface area contributed by atoms with E-state index in [1.807, 2.05) is 0 Å². The lowest BCUT2D eigenvalue weighted by Gasteiger charge is -2.09. The number of amides is 1. The summed E-state index contributed by atoms with van der Waals surface area (Å²) in [7, 11) is 0. The van der Waals surface area contributed by atoms with Crippen molar-refractivity contribution in [3.8, 4) is 17.0 Å².